The molecule has 0 unspecified atom stereocenters. The molecule has 0 aromatic heterocycles. The summed E-state index contributed by atoms with van der Waals surface area (Å²) in [5.41, 5.74) is 0.847. The molecule has 0 saturated carbocycles. The highest BCUT2D eigenvalue weighted by Gasteiger charge is 2.34. The second kappa shape index (κ2) is 15.5. The number of rotatable bonds is 14. The van der Waals surface area contributed by atoms with Gasteiger partial charge in [-0.25, -0.2) is 8.42 Å². The number of nitrogens with zero attached hydrogens (tertiary/aromatic N) is 2. The molecule has 226 valence electrons. The largest absolute Gasteiger partial charge is 0.492 e. The second-order valence-corrected chi connectivity index (χ2v) is 12.7. The number of sulfonamides is 1. The first-order valence-electron chi connectivity index (χ1n) is 13.5. The van der Waals surface area contributed by atoms with Crippen molar-refractivity contribution in [3.05, 3.63) is 82.3 Å². The van der Waals surface area contributed by atoms with Gasteiger partial charge in [0.25, 0.3) is 10.0 Å². The lowest BCUT2D eigenvalue weighted by molar-refractivity contribution is -0.140. The minimum absolute atomic E-state index is 0.00871. The van der Waals surface area contributed by atoms with E-state index in [1.165, 1.54) is 28.8 Å². The molecule has 0 aliphatic heterocycles. The molecule has 3 aromatic carbocycles. The van der Waals surface area contributed by atoms with E-state index in [-0.39, 0.29) is 23.0 Å². The van der Waals surface area contributed by atoms with Gasteiger partial charge in [-0.1, -0.05) is 48.3 Å². The third-order valence-electron chi connectivity index (χ3n) is 6.43. The van der Waals surface area contributed by atoms with Gasteiger partial charge in [0, 0.05) is 18.0 Å². The lowest BCUT2D eigenvalue weighted by Gasteiger charge is -2.33. The molecule has 1 N–H and O–H groups in total. The molecule has 0 radical (unpaired) electrons. The van der Waals surface area contributed by atoms with Gasteiger partial charge in [-0.05, 0) is 80.6 Å². The van der Waals surface area contributed by atoms with Gasteiger partial charge < -0.3 is 15.0 Å². The predicted molar refractivity (Wildman–Crippen MR) is 170 cm³/mol. The SMILES string of the molecule is CCNC(=O)[C@H](CC)N(Cc1ccc(Cl)c(Cl)c1)C(=O)CN(c1ccccc1OCC)S(=O)(=O)c1ccc(SC)cc1. The predicted octanol–water partition coefficient (Wildman–Crippen LogP) is 6.25. The molecule has 8 nitrogen and oxygen atoms in total. The number of benzene rings is 3. The van der Waals surface area contributed by atoms with Gasteiger partial charge in [0.1, 0.15) is 18.3 Å². The number of hydrogen-bond donors (Lipinski definition) is 1. The van der Waals surface area contributed by atoms with Gasteiger partial charge in [-0.15, -0.1) is 11.8 Å². The number of nitrogens with one attached hydrogen (secondary N) is 1. The summed E-state index contributed by atoms with van der Waals surface area (Å²) in [6.07, 6.45) is 2.20. The number of carbonyl (C=O) groups is 2. The Morgan fingerprint density at radius 3 is 2.26 bits per heavy atom. The van der Waals surface area contributed by atoms with E-state index in [0.29, 0.717) is 40.9 Å². The summed E-state index contributed by atoms with van der Waals surface area (Å²) >= 11 is 13.8. The van der Waals surface area contributed by atoms with Crippen LogP contribution in [0.2, 0.25) is 10.0 Å². The van der Waals surface area contributed by atoms with Crippen molar-refractivity contribution in [2.75, 3.05) is 30.3 Å². The summed E-state index contributed by atoms with van der Waals surface area (Å²) in [6.45, 7) is 5.47. The van der Waals surface area contributed by atoms with Crippen LogP contribution in [0.4, 0.5) is 5.69 Å². The zero-order chi connectivity index (χ0) is 30.9. The molecule has 2 amide bonds. The van der Waals surface area contributed by atoms with Crippen LogP contribution in [0.5, 0.6) is 5.75 Å². The molecule has 1 atom stereocenters. The zero-order valence-electron chi connectivity index (χ0n) is 24.0. The van der Waals surface area contributed by atoms with Crippen molar-refractivity contribution >= 4 is 62.5 Å². The Kier molecular flexibility index (Phi) is 12.4. The summed E-state index contributed by atoms with van der Waals surface area (Å²) in [4.78, 5) is 29.6. The summed E-state index contributed by atoms with van der Waals surface area (Å²) < 4.78 is 35.1. The highest BCUT2D eigenvalue weighted by atomic mass is 35.5. The van der Waals surface area contributed by atoms with Crippen LogP contribution < -0.4 is 14.4 Å². The third-order valence-corrected chi connectivity index (χ3v) is 9.69. The maximum atomic E-state index is 14.2. The van der Waals surface area contributed by atoms with E-state index in [2.05, 4.69) is 5.32 Å². The molecule has 3 rings (SSSR count). The lowest BCUT2D eigenvalue weighted by Crippen LogP contribution is -2.52. The number of likely N-dealkylation sites (N-methyl/N-ethyl adjacent to an activating group) is 1. The van der Waals surface area contributed by atoms with Gasteiger partial charge in [-0.3, -0.25) is 13.9 Å². The first kappa shape index (κ1) is 33.6. The van der Waals surface area contributed by atoms with Crippen LogP contribution in [0, 0.1) is 0 Å². The van der Waals surface area contributed by atoms with Crippen molar-refractivity contribution in [1.82, 2.24) is 10.2 Å². The summed E-state index contributed by atoms with van der Waals surface area (Å²) in [5, 5.41) is 3.44. The molecule has 0 heterocycles. The normalized spacial score (nSPS) is 12.0. The monoisotopic (exact) mass is 651 g/mol. The summed E-state index contributed by atoms with van der Waals surface area (Å²) in [5.74, 6) is -0.608. The van der Waals surface area contributed by atoms with E-state index in [9.17, 15) is 18.0 Å². The molecule has 0 aliphatic rings. The number of para-hydroxylation sites is 2. The summed E-state index contributed by atoms with van der Waals surface area (Å²) in [7, 11) is -4.24. The smallest absolute Gasteiger partial charge is 0.264 e. The molecule has 12 heteroatoms. The van der Waals surface area contributed by atoms with Crippen LogP contribution in [0.1, 0.15) is 32.8 Å². The molecule has 0 saturated heterocycles. The van der Waals surface area contributed by atoms with Crippen molar-refractivity contribution in [3.8, 4) is 5.75 Å². The Labute approximate surface area is 262 Å². The summed E-state index contributed by atoms with van der Waals surface area (Å²) in [6, 6.07) is 17.2. The first-order valence-corrected chi connectivity index (χ1v) is 16.9. The Morgan fingerprint density at radius 1 is 0.976 bits per heavy atom. The zero-order valence-corrected chi connectivity index (χ0v) is 27.1. The Morgan fingerprint density at radius 2 is 1.67 bits per heavy atom. The van der Waals surface area contributed by atoms with Crippen LogP contribution in [-0.4, -0.2) is 57.1 Å². The quantitative estimate of drug-likeness (QED) is 0.207. The second-order valence-electron chi connectivity index (χ2n) is 9.18. The standard InChI is InChI=1S/C30H35Cl2N3O5S2/c1-5-26(30(37)33-6-2)34(19-21-12-17-24(31)25(32)18-21)29(36)20-35(27-10-8-9-11-28(27)40-7-3)42(38,39)23-15-13-22(41-4)14-16-23/h8-18,26H,5-7,19-20H2,1-4H3,(H,33,37)/t26-/m0/s1. The fourth-order valence-corrected chi connectivity index (χ4v) is 6.53. The first-order chi connectivity index (χ1) is 20.1. The average molecular weight is 653 g/mol. The molecule has 0 fully saturated rings. The van der Waals surface area contributed by atoms with Crippen molar-refractivity contribution < 1.29 is 22.7 Å². The van der Waals surface area contributed by atoms with E-state index in [0.717, 1.165) is 9.20 Å². The molecular formula is C30H35Cl2N3O5S2. The third kappa shape index (κ3) is 8.12. The van der Waals surface area contributed by atoms with Crippen molar-refractivity contribution in [1.29, 1.82) is 0 Å². The molecule has 3 aromatic rings. The van der Waals surface area contributed by atoms with Gasteiger partial charge >= 0.3 is 0 Å². The number of anilines is 1. The maximum Gasteiger partial charge on any atom is 0.264 e. The Hall–Kier alpha value is -2.92. The Bertz CT molecular complexity index is 1490. The fraction of sp³-hybridized carbons (Fsp3) is 0.333. The van der Waals surface area contributed by atoms with Crippen molar-refractivity contribution in [2.24, 2.45) is 0 Å². The van der Waals surface area contributed by atoms with Crippen LogP contribution in [-0.2, 0) is 26.2 Å². The minimum Gasteiger partial charge on any atom is -0.492 e. The van der Waals surface area contributed by atoms with Crippen molar-refractivity contribution in [3.63, 3.8) is 0 Å². The molecule has 42 heavy (non-hydrogen) atoms. The van der Waals surface area contributed by atoms with Crippen LogP contribution in [0.25, 0.3) is 0 Å². The van der Waals surface area contributed by atoms with Crippen LogP contribution >= 0.6 is 35.0 Å². The average Bonchev–Trinajstić information content (AvgIpc) is 2.98. The number of thioether (sulfide) groups is 1. The van der Waals surface area contributed by atoms with Gasteiger partial charge in [0.2, 0.25) is 11.8 Å². The number of halogens is 2. The number of hydrogen-bond acceptors (Lipinski definition) is 6. The molecule has 0 aliphatic carbocycles. The van der Waals surface area contributed by atoms with E-state index < -0.39 is 28.5 Å². The minimum atomic E-state index is -4.24. The lowest BCUT2D eigenvalue weighted by atomic mass is 10.1. The van der Waals surface area contributed by atoms with Gasteiger partial charge in [0.05, 0.1) is 27.2 Å². The maximum absolute atomic E-state index is 14.2. The van der Waals surface area contributed by atoms with E-state index in [1.807, 2.05) is 6.26 Å². The molecule has 0 spiro atoms. The molecular weight excluding hydrogens is 617 g/mol. The van der Waals surface area contributed by atoms with Gasteiger partial charge in [-0.2, -0.15) is 0 Å². The molecule has 0 bridgehead atoms. The van der Waals surface area contributed by atoms with Crippen molar-refractivity contribution in [2.45, 2.75) is 49.6 Å². The van der Waals surface area contributed by atoms with E-state index in [1.54, 1.807) is 75.4 Å². The van der Waals surface area contributed by atoms with E-state index >= 15 is 0 Å². The van der Waals surface area contributed by atoms with Gasteiger partial charge in [0.15, 0.2) is 0 Å². The number of amides is 2. The number of ether oxygens (including phenoxy) is 1. The highest BCUT2D eigenvalue weighted by molar-refractivity contribution is 7.98. The van der Waals surface area contributed by atoms with E-state index in [4.69, 9.17) is 27.9 Å². The van der Waals surface area contributed by atoms with Crippen LogP contribution in [0.15, 0.2) is 76.5 Å². The highest BCUT2D eigenvalue weighted by Crippen LogP contribution is 2.33. The topological polar surface area (TPSA) is 96.0 Å². The fourth-order valence-electron chi connectivity index (χ4n) is 4.38. The Balaban J connectivity index is 2.12. The van der Waals surface area contributed by atoms with Crippen LogP contribution in [0.3, 0.4) is 0 Å². The number of carbonyl (C=O) groups excluding carboxylic acids is 2.